The topological polar surface area (TPSA) is 90.9 Å². The summed E-state index contributed by atoms with van der Waals surface area (Å²) in [7, 11) is 0. The van der Waals surface area contributed by atoms with Crippen molar-refractivity contribution in [3.8, 4) is 0 Å². The van der Waals surface area contributed by atoms with Crippen molar-refractivity contribution in [2.24, 2.45) is 0 Å². The number of rotatable bonds is 4. The fourth-order valence-corrected chi connectivity index (χ4v) is 2.25. The summed E-state index contributed by atoms with van der Waals surface area (Å²) in [4.78, 5) is 36.1. The summed E-state index contributed by atoms with van der Waals surface area (Å²) in [5.74, 6) is -0.669. The third kappa shape index (κ3) is 13.5. The summed E-state index contributed by atoms with van der Waals surface area (Å²) in [6, 6.07) is -1.04. The molecule has 0 heterocycles. The Bertz CT molecular complexity index is 485. The van der Waals surface area contributed by atoms with Crippen LogP contribution in [0.25, 0.3) is 0 Å². The fraction of sp³-hybridized carbons (Fsp3) is 0.824. The predicted molar refractivity (Wildman–Crippen MR) is 97.7 cm³/mol. The lowest BCUT2D eigenvalue weighted by atomic mass is 10.2. The molecule has 0 spiro atoms. The molecule has 7 nitrogen and oxygen atoms in total. The van der Waals surface area contributed by atoms with E-state index in [0.717, 1.165) is 11.8 Å². The molecule has 0 rings (SSSR count). The lowest BCUT2D eigenvalue weighted by molar-refractivity contribution is -0.156. The number of ether oxygens (including phenoxy) is 3. The number of hydrogen-bond donors (Lipinski definition) is 1. The van der Waals surface area contributed by atoms with Crippen LogP contribution in [-0.2, 0) is 19.0 Å². The van der Waals surface area contributed by atoms with Gasteiger partial charge in [-0.1, -0.05) is 0 Å². The first kappa shape index (κ1) is 23.6. The second-order valence-corrected chi connectivity index (χ2v) is 9.46. The van der Waals surface area contributed by atoms with Gasteiger partial charge in [0, 0.05) is 5.75 Å². The Morgan fingerprint density at radius 2 is 1.24 bits per heavy atom. The van der Waals surface area contributed by atoms with Crippen LogP contribution >= 0.6 is 11.8 Å². The number of nitrogens with one attached hydrogen (secondary N) is 1. The largest absolute Gasteiger partial charge is 0.458 e. The predicted octanol–water partition coefficient (Wildman–Crippen LogP) is 3.89. The maximum Gasteiger partial charge on any atom is 0.408 e. The lowest BCUT2D eigenvalue weighted by Crippen LogP contribution is -2.47. The molecular weight excluding hydrogens is 346 g/mol. The van der Waals surface area contributed by atoms with E-state index in [2.05, 4.69) is 5.32 Å². The Morgan fingerprint density at radius 1 is 0.800 bits per heavy atom. The zero-order valence-corrected chi connectivity index (χ0v) is 17.5. The van der Waals surface area contributed by atoms with Crippen LogP contribution in [0.4, 0.5) is 9.59 Å². The number of carbonyl (C=O) groups excluding carboxylic acids is 3. The normalized spacial score (nSPS) is 13.6. The first-order valence-electron chi connectivity index (χ1n) is 8.07. The highest BCUT2D eigenvalue weighted by atomic mass is 32.2. The van der Waals surface area contributed by atoms with Crippen LogP contribution < -0.4 is 5.32 Å². The molecule has 0 aliphatic carbocycles. The Labute approximate surface area is 154 Å². The number of alkyl carbamates (subject to hydrolysis) is 1. The van der Waals surface area contributed by atoms with Crippen LogP contribution in [0, 0.1) is 0 Å². The molecule has 0 aliphatic heterocycles. The van der Waals surface area contributed by atoms with Crippen molar-refractivity contribution in [3.05, 3.63) is 0 Å². The molecule has 0 aromatic heterocycles. The van der Waals surface area contributed by atoms with E-state index < -0.39 is 40.2 Å². The zero-order chi connectivity index (χ0) is 20.1. The van der Waals surface area contributed by atoms with E-state index in [1.165, 1.54) is 0 Å². The van der Waals surface area contributed by atoms with Gasteiger partial charge < -0.3 is 19.5 Å². The molecule has 0 aromatic carbocycles. The van der Waals surface area contributed by atoms with E-state index in [1.807, 2.05) is 0 Å². The maximum absolute atomic E-state index is 12.3. The highest BCUT2D eigenvalue weighted by Gasteiger charge is 2.30. The molecule has 0 aliphatic rings. The summed E-state index contributed by atoms with van der Waals surface area (Å²) < 4.78 is 15.6. The van der Waals surface area contributed by atoms with Crippen LogP contribution in [0.3, 0.4) is 0 Å². The third-order valence-corrected chi connectivity index (χ3v) is 2.96. The maximum atomic E-state index is 12.3. The number of thioether (sulfide) groups is 1. The van der Waals surface area contributed by atoms with Crippen LogP contribution in [0.15, 0.2) is 0 Å². The van der Waals surface area contributed by atoms with Crippen molar-refractivity contribution in [3.63, 3.8) is 0 Å². The number of esters is 1. The van der Waals surface area contributed by atoms with E-state index >= 15 is 0 Å². The summed E-state index contributed by atoms with van der Waals surface area (Å²) in [6.07, 6.45) is -0.756. The van der Waals surface area contributed by atoms with E-state index in [4.69, 9.17) is 14.2 Å². The second-order valence-electron chi connectivity index (χ2n) is 8.51. The molecule has 0 radical (unpaired) electrons. The van der Waals surface area contributed by atoms with Crippen molar-refractivity contribution in [1.82, 2.24) is 5.32 Å². The molecule has 0 fully saturated rings. The van der Waals surface area contributed by atoms with Gasteiger partial charge in [-0.05, 0) is 74.1 Å². The monoisotopic (exact) mass is 377 g/mol. The molecule has 0 aromatic rings. The van der Waals surface area contributed by atoms with Gasteiger partial charge in [-0.3, -0.25) is 0 Å². The van der Waals surface area contributed by atoms with E-state index in [0.29, 0.717) is 0 Å². The molecule has 0 saturated heterocycles. The molecule has 0 saturated carbocycles. The zero-order valence-electron chi connectivity index (χ0n) is 16.6. The summed E-state index contributed by atoms with van der Waals surface area (Å²) in [5.41, 5.74) is -2.06. The quantitative estimate of drug-likeness (QED) is 0.587. The molecular formula is C17H31NO6S. The SMILES string of the molecule is CC(C)(C)OC(=O)N[C@@H](CSC(=O)OC(C)(C)C)C(=O)OC(C)(C)C. The number of amides is 1. The van der Waals surface area contributed by atoms with Gasteiger partial charge in [-0.25, -0.2) is 14.4 Å². The summed E-state index contributed by atoms with van der Waals surface area (Å²) in [5, 5.41) is 1.91. The smallest absolute Gasteiger partial charge is 0.408 e. The molecule has 8 heteroatoms. The van der Waals surface area contributed by atoms with Crippen molar-refractivity contribution in [1.29, 1.82) is 0 Å². The molecule has 1 amide bonds. The fourth-order valence-electron chi connectivity index (χ4n) is 1.42. The first-order chi connectivity index (χ1) is 11.0. The molecule has 1 N–H and O–H groups in total. The minimum atomic E-state index is -1.04. The molecule has 146 valence electrons. The van der Waals surface area contributed by atoms with Crippen molar-refractivity contribution in [2.75, 3.05) is 5.75 Å². The van der Waals surface area contributed by atoms with Gasteiger partial charge in [0.15, 0.2) is 0 Å². The highest BCUT2D eigenvalue weighted by Crippen LogP contribution is 2.17. The highest BCUT2D eigenvalue weighted by molar-refractivity contribution is 8.13. The van der Waals surface area contributed by atoms with E-state index in [1.54, 1.807) is 62.3 Å². The Balaban J connectivity index is 4.93. The van der Waals surface area contributed by atoms with Crippen LogP contribution in [0.5, 0.6) is 0 Å². The average Bonchev–Trinajstić information content (AvgIpc) is 2.27. The van der Waals surface area contributed by atoms with Gasteiger partial charge in [0.2, 0.25) is 0 Å². The van der Waals surface area contributed by atoms with Crippen LogP contribution in [-0.4, -0.2) is 46.0 Å². The number of hydrogen-bond acceptors (Lipinski definition) is 7. The number of carbonyl (C=O) groups is 3. The molecule has 25 heavy (non-hydrogen) atoms. The lowest BCUT2D eigenvalue weighted by Gasteiger charge is -2.26. The first-order valence-corrected chi connectivity index (χ1v) is 9.05. The van der Waals surface area contributed by atoms with E-state index in [9.17, 15) is 14.4 Å². The van der Waals surface area contributed by atoms with Crippen molar-refractivity contribution in [2.45, 2.75) is 85.2 Å². The van der Waals surface area contributed by atoms with Gasteiger partial charge in [0.1, 0.15) is 22.8 Å². The van der Waals surface area contributed by atoms with Gasteiger partial charge in [0.05, 0.1) is 0 Å². The molecule has 0 bridgehead atoms. The van der Waals surface area contributed by atoms with Gasteiger partial charge in [-0.15, -0.1) is 0 Å². The van der Waals surface area contributed by atoms with Gasteiger partial charge >= 0.3 is 17.4 Å². The Morgan fingerprint density at radius 3 is 1.64 bits per heavy atom. The average molecular weight is 378 g/mol. The molecule has 1 atom stereocenters. The third-order valence-electron chi connectivity index (χ3n) is 2.14. The standard InChI is InChI=1S/C17H31NO6S/c1-15(2,3)22-12(19)11(18-13(20)23-16(4,5)6)10-25-14(21)24-17(7,8)9/h11H,10H2,1-9H3,(H,18,20)/t11-/m0/s1. The summed E-state index contributed by atoms with van der Waals surface area (Å²) >= 11 is 0.793. The van der Waals surface area contributed by atoms with Crippen molar-refractivity contribution >= 4 is 29.1 Å². The van der Waals surface area contributed by atoms with E-state index in [-0.39, 0.29) is 5.75 Å². The Kier molecular flexibility index (Phi) is 8.27. The van der Waals surface area contributed by atoms with Crippen LogP contribution in [0.2, 0.25) is 0 Å². The second kappa shape index (κ2) is 8.78. The van der Waals surface area contributed by atoms with Crippen molar-refractivity contribution < 1.29 is 28.6 Å². The van der Waals surface area contributed by atoms with Gasteiger partial charge in [0.25, 0.3) is 0 Å². The van der Waals surface area contributed by atoms with Gasteiger partial charge in [-0.2, -0.15) is 0 Å². The Hall–Kier alpha value is -1.44. The summed E-state index contributed by atoms with van der Waals surface area (Å²) in [6.45, 7) is 15.5. The molecule has 0 unspecified atom stereocenters. The minimum Gasteiger partial charge on any atom is -0.458 e. The minimum absolute atomic E-state index is 0.0247. The van der Waals surface area contributed by atoms with Crippen LogP contribution in [0.1, 0.15) is 62.3 Å².